The zero-order valence-electron chi connectivity index (χ0n) is 19.1. The Kier molecular flexibility index (Phi) is 10.4. The quantitative estimate of drug-likeness (QED) is 0.329. The molecule has 2 heterocycles. The molecule has 0 amide bonds. The lowest BCUT2D eigenvalue weighted by Gasteiger charge is -2.19. The summed E-state index contributed by atoms with van der Waals surface area (Å²) in [5, 5.41) is 15.2. The lowest BCUT2D eigenvalue weighted by molar-refractivity contribution is 0.283. The zero-order valence-corrected chi connectivity index (χ0v) is 19.1. The van der Waals surface area contributed by atoms with Crippen LogP contribution in [0.3, 0.4) is 0 Å². The molecular weight excluding hydrogens is 386 g/mol. The number of likely N-dealkylation sites (tertiary alicyclic amines) is 1. The van der Waals surface area contributed by atoms with Crippen LogP contribution in [0.2, 0.25) is 0 Å². The van der Waals surface area contributed by atoms with E-state index in [1.807, 2.05) is 0 Å². The van der Waals surface area contributed by atoms with Crippen molar-refractivity contribution in [3.05, 3.63) is 48.0 Å². The van der Waals surface area contributed by atoms with Gasteiger partial charge in [0, 0.05) is 32.6 Å². The van der Waals surface area contributed by atoms with Crippen molar-refractivity contribution in [1.29, 1.82) is 0 Å². The predicted molar refractivity (Wildman–Crippen MR) is 127 cm³/mol. The Balaban J connectivity index is 1.45. The monoisotopic (exact) mass is 425 g/mol. The summed E-state index contributed by atoms with van der Waals surface area (Å²) in [4.78, 5) is 7.46. The maximum Gasteiger partial charge on any atom is 0.191 e. The second-order valence-corrected chi connectivity index (χ2v) is 8.22. The number of guanidine groups is 1. The van der Waals surface area contributed by atoms with Gasteiger partial charge in [0.25, 0.3) is 0 Å². The van der Waals surface area contributed by atoms with Crippen molar-refractivity contribution < 1.29 is 0 Å². The molecule has 0 spiro atoms. The number of aryl methyl sites for hydroxylation is 1. The van der Waals surface area contributed by atoms with Gasteiger partial charge in [-0.25, -0.2) is 0 Å². The van der Waals surface area contributed by atoms with E-state index in [4.69, 9.17) is 4.99 Å². The van der Waals surface area contributed by atoms with Gasteiger partial charge in [0.1, 0.15) is 12.2 Å². The Bertz CT molecular complexity index is 748. The molecule has 0 unspecified atom stereocenters. The van der Waals surface area contributed by atoms with Crippen molar-refractivity contribution in [3.63, 3.8) is 0 Å². The molecule has 1 aromatic carbocycles. The highest BCUT2D eigenvalue weighted by molar-refractivity contribution is 5.79. The first-order valence-corrected chi connectivity index (χ1v) is 12.0. The van der Waals surface area contributed by atoms with E-state index in [0.29, 0.717) is 0 Å². The van der Waals surface area contributed by atoms with Crippen LogP contribution >= 0.6 is 0 Å². The normalized spacial score (nSPS) is 15.6. The van der Waals surface area contributed by atoms with Crippen molar-refractivity contribution in [3.8, 4) is 0 Å². The summed E-state index contributed by atoms with van der Waals surface area (Å²) in [7, 11) is 0. The van der Waals surface area contributed by atoms with E-state index in [-0.39, 0.29) is 0 Å². The highest BCUT2D eigenvalue weighted by Crippen LogP contribution is 2.09. The maximum atomic E-state index is 4.85. The highest BCUT2D eigenvalue weighted by atomic mass is 15.3. The average molecular weight is 426 g/mol. The van der Waals surface area contributed by atoms with Gasteiger partial charge in [0.2, 0.25) is 0 Å². The van der Waals surface area contributed by atoms with Crippen LogP contribution in [0.25, 0.3) is 0 Å². The molecule has 1 aliphatic rings. The number of hydrogen-bond acceptors (Lipinski definition) is 4. The fourth-order valence-corrected chi connectivity index (χ4v) is 4.02. The van der Waals surface area contributed by atoms with Crippen molar-refractivity contribution in [1.82, 2.24) is 30.3 Å². The van der Waals surface area contributed by atoms with Gasteiger partial charge >= 0.3 is 0 Å². The Morgan fingerprint density at radius 3 is 2.55 bits per heavy atom. The first kappa shape index (κ1) is 23.3. The number of nitrogens with zero attached hydrogens (tertiary/aromatic N) is 5. The van der Waals surface area contributed by atoms with E-state index in [2.05, 4.69) is 67.6 Å². The molecular formula is C24H39N7. The SMILES string of the molecule is CCc1nncn1CCNC(=NCCCN1CCCCCC1)NCCc1ccccc1. The topological polar surface area (TPSA) is 70.4 Å². The summed E-state index contributed by atoms with van der Waals surface area (Å²) in [6.45, 7) is 9.12. The first-order chi connectivity index (χ1) is 15.3. The average Bonchev–Trinajstić information content (AvgIpc) is 3.10. The van der Waals surface area contributed by atoms with E-state index in [9.17, 15) is 0 Å². The van der Waals surface area contributed by atoms with Gasteiger partial charge in [-0.1, -0.05) is 50.1 Å². The minimum Gasteiger partial charge on any atom is -0.356 e. The second kappa shape index (κ2) is 13.8. The van der Waals surface area contributed by atoms with Crippen molar-refractivity contribution in [2.45, 2.75) is 58.4 Å². The van der Waals surface area contributed by atoms with Crippen LogP contribution in [-0.4, -0.2) is 64.9 Å². The standard InChI is InChI=1S/C24H39N7/c1-2-23-29-28-21-31(23)20-16-27-24(26-15-13-22-11-6-5-7-12-22)25-14-10-19-30-17-8-3-4-9-18-30/h5-7,11-12,21H,2-4,8-10,13-20H2,1H3,(H2,25,26,27). The number of benzene rings is 1. The third kappa shape index (κ3) is 8.69. The minimum atomic E-state index is 0.800. The van der Waals surface area contributed by atoms with Crippen LogP contribution in [0, 0.1) is 0 Å². The third-order valence-corrected chi connectivity index (χ3v) is 5.81. The zero-order chi connectivity index (χ0) is 21.6. The maximum absolute atomic E-state index is 4.85. The molecule has 2 aromatic rings. The van der Waals surface area contributed by atoms with Crippen molar-refractivity contribution in [2.24, 2.45) is 4.99 Å². The summed E-state index contributed by atoms with van der Waals surface area (Å²) in [5.74, 6) is 1.92. The van der Waals surface area contributed by atoms with Gasteiger partial charge in [-0.15, -0.1) is 10.2 Å². The minimum absolute atomic E-state index is 0.800. The molecule has 7 nitrogen and oxygen atoms in total. The van der Waals surface area contributed by atoms with Gasteiger partial charge in [0.05, 0.1) is 0 Å². The molecule has 170 valence electrons. The smallest absolute Gasteiger partial charge is 0.191 e. The molecule has 0 saturated carbocycles. The molecule has 0 atom stereocenters. The van der Waals surface area contributed by atoms with Gasteiger partial charge in [-0.2, -0.15) is 0 Å². The molecule has 2 N–H and O–H groups in total. The summed E-state index contributed by atoms with van der Waals surface area (Å²) in [5.41, 5.74) is 1.34. The first-order valence-electron chi connectivity index (χ1n) is 12.0. The molecule has 31 heavy (non-hydrogen) atoms. The van der Waals surface area contributed by atoms with E-state index >= 15 is 0 Å². The number of nitrogens with one attached hydrogen (secondary N) is 2. The molecule has 1 aliphatic heterocycles. The van der Waals surface area contributed by atoms with Crippen LogP contribution in [0.4, 0.5) is 0 Å². The second-order valence-electron chi connectivity index (χ2n) is 8.22. The van der Waals surface area contributed by atoms with Gasteiger partial charge in [-0.05, 0) is 50.9 Å². The van der Waals surface area contributed by atoms with E-state index in [1.165, 1.54) is 44.3 Å². The summed E-state index contributed by atoms with van der Waals surface area (Å²) in [6, 6.07) is 10.6. The van der Waals surface area contributed by atoms with Gasteiger partial charge < -0.3 is 20.1 Å². The predicted octanol–water partition coefficient (Wildman–Crippen LogP) is 2.88. The summed E-state index contributed by atoms with van der Waals surface area (Å²) >= 11 is 0. The van der Waals surface area contributed by atoms with E-state index in [1.54, 1.807) is 6.33 Å². The van der Waals surface area contributed by atoms with Crippen LogP contribution < -0.4 is 10.6 Å². The summed E-state index contributed by atoms with van der Waals surface area (Å²) in [6.07, 6.45) is 10.3. The Morgan fingerprint density at radius 2 is 1.77 bits per heavy atom. The van der Waals surface area contributed by atoms with Crippen molar-refractivity contribution >= 4 is 5.96 Å². The molecule has 1 aromatic heterocycles. The molecule has 0 aliphatic carbocycles. The highest BCUT2D eigenvalue weighted by Gasteiger charge is 2.08. The molecule has 1 fully saturated rings. The van der Waals surface area contributed by atoms with Crippen molar-refractivity contribution in [2.75, 3.05) is 39.3 Å². The Hall–Kier alpha value is -2.41. The molecule has 7 heteroatoms. The number of aliphatic imine (C=N–C) groups is 1. The lowest BCUT2D eigenvalue weighted by Crippen LogP contribution is -2.40. The number of rotatable bonds is 11. The van der Waals surface area contributed by atoms with E-state index in [0.717, 1.165) is 63.8 Å². The fourth-order valence-electron chi connectivity index (χ4n) is 4.02. The van der Waals surface area contributed by atoms with Gasteiger partial charge in [0.15, 0.2) is 5.96 Å². The summed E-state index contributed by atoms with van der Waals surface area (Å²) < 4.78 is 2.11. The molecule has 0 radical (unpaired) electrons. The van der Waals surface area contributed by atoms with Gasteiger partial charge in [-0.3, -0.25) is 4.99 Å². The molecule has 0 bridgehead atoms. The van der Waals surface area contributed by atoms with Crippen LogP contribution in [0.15, 0.2) is 41.7 Å². The van der Waals surface area contributed by atoms with Crippen LogP contribution in [0.1, 0.15) is 50.4 Å². The Labute approximate surface area is 187 Å². The number of hydrogen-bond donors (Lipinski definition) is 2. The van der Waals surface area contributed by atoms with Crippen LogP contribution in [-0.2, 0) is 19.4 Å². The lowest BCUT2D eigenvalue weighted by atomic mass is 10.1. The largest absolute Gasteiger partial charge is 0.356 e. The fraction of sp³-hybridized carbons (Fsp3) is 0.625. The third-order valence-electron chi connectivity index (χ3n) is 5.81. The Morgan fingerprint density at radius 1 is 1.00 bits per heavy atom. The molecule has 1 saturated heterocycles. The van der Waals surface area contributed by atoms with E-state index < -0.39 is 0 Å². The van der Waals surface area contributed by atoms with Crippen LogP contribution in [0.5, 0.6) is 0 Å². The molecule has 3 rings (SSSR count). The number of aromatic nitrogens is 3.